The fourth-order valence-electron chi connectivity index (χ4n) is 2.97. The molecular weight excluding hydrogens is 282 g/mol. The van der Waals surface area contributed by atoms with Crippen LogP contribution < -0.4 is 5.69 Å². The highest BCUT2D eigenvalue weighted by Gasteiger charge is 2.31. The van der Waals surface area contributed by atoms with E-state index in [0.717, 1.165) is 17.5 Å². The van der Waals surface area contributed by atoms with Crippen LogP contribution in [0.15, 0.2) is 29.1 Å². The minimum Gasteiger partial charge on any atom is -0.480 e. The first-order valence-corrected chi connectivity index (χ1v) is 7.48. The number of aromatic nitrogens is 3. The van der Waals surface area contributed by atoms with Crippen molar-refractivity contribution in [1.82, 2.24) is 14.3 Å². The summed E-state index contributed by atoms with van der Waals surface area (Å²) in [6.07, 6.45) is 1.87. The lowest BCUT2D eigenvalue weighted by Crippen LogP contribution is -2.35. The number of rotatable bonds is 3. The Kier molecular flexibility index (Phi) is 3.60. The summed E-state index contributed by atoms with van der Waals surface area (Å²) in [5, 5.41) is 13.7. The van der Waals surface area contributed by atoms with Crippen molar-refractivity contribution in [3.8, 4) is 0 Å². The number of nitrogens with zero attached hydrogens (tertiary/aromatic N) is 3. The van der Waals surface area contributed by atoms with E-state index in [-0.39, 0.29) is 11.7 Å². The molecule has 0 aliphatic carbocycles. The summed E-state index contributed by atoms with van der Waals surface area (Å²) in [5.74, 6) is -0.395. The molecule has 0 unspecified atom stereocenters. The van der Waals surface area contributed by atoms with Crippen molar-refractivity contribution in [3.63, 3.8) is 0 Å². The third-order valence-corrected chi connectivity index (χ3v) is 4.30. The summed E-state index contributed by atoms with van der Waals surface area (Å²) in [6.45, 7) is 3.91. The summed E-state index contributed by atoms with van der Waals surface area (Å²) >= 11 is 0. The zero-order valence-corrected chi connectivity index (χ0v) is 12.7. The van der Waals surface area contributed by atoms with E-state index in [2.05, 4.69) is 5.10 Å². The summed E-state index contributed by atoms with van der Waals surface area (Å²) < 4.78 is 2.75. The van der Waals surface area contributed by atoms with Crippen LogP contribution in [0.1, 0.15) is 48.8 Å². The van der Waals surface area contributed by atoms with Gasteiger partial charge in [-0.25, -0.2) is 14.3 Å². The van der Waals surface area contributed by atoms with E-state index >= 15 is 0 Å². The second-order valence-electron chi connectivity index (χ2n) is 5.85. The third-order valence-electron chi connectivity index (χ3n) is 4.30. The number of carboxylic acids is 1. The van der Waals surface area contributed by atoms with E-state index in [0.29, 0.717) is 18.7 Å². The molecule has 0 radical (unpaired) electrons. The minimum atomic E-state index is -0.967. The van der Waals surface area contributed by atoms with Gasteiger partial charge in [0.05, 0.1) is 6.04 Å². The number of aryl methyl sites for hydroxylation is 2. The van der Waals surface area contributed by atoms with Crippen molar-refractivity contribution in [2.45, 2.75) is 45.2 Å². The molecule has 1 aliphatic rings. The lowest BCUT2D eigenvalue weighted by Gasteiger charge is -2.19. The van der Waals surface area contributed by atoms with Crippen molar-refractivity contribution in [1.29, 1.82) is 0 Å². The second-order valence-corrected chi connectivity index (χ2v) is 5.85. The van der Waals surface area contributed by atoms with E-state index in [1.165, 1.54) is 9.25 Å². The summed E-state index contributed by atoms with van der Waals surface area (Å²) in [5.41, 5.74) is 1.79. The van der Waals surface area contributed by atoms with Gasteiger partial charge in [-0.2, -0.15) is 5.10 Å². The SMILES string of the molecule is Cc1ccc([C@@H](C)n2nc3n(c2=O)[C@H](C(=O)O)CCC3)cc1. The molecule has 2 heterocycles. The number of hydrogen-bond acceptors (Lipinski definition) is 3. The monoisotopic (exact) mass is 301 g/mol. The van der Waals surface area contributed by atoms with Gasteiger partial charge in [0.25, 0.3) is 0 Å². The van der Waals surface area contributed by atoms with E-state index in [9.17, 15) is 14.7 Å². The standard InChI is InChI=1S/C16H19N3O3/c1-10-6-8-12(9-7-10)11(2)19-16(22)18-13(15(20)21)4-3-5-14(18)17-19/h6-9,11,13H,3-5H2,1-2H3,(H,20,21)/t11-,13+/m1/s1. The fraction of sp³-hybridized carbons (Fsp3) is 0.438. The molecule has 116 valence electrons. The number of carboxylic acid groups (broad SMARTS) is 1. The van der Waals surface area contributed by atoms with Crippen LogP contribution in [0, 0.1) is 6.92 Å². The molecule has 6 nitrogen and oxygen atoms in total. The van der Waals surface area contributed by atoms with Gasteiger partial charge in [0, 0.05) is 6.42 Å². The van der Waals surface area contributed by atoms with Crippen LogP contribution >= 0.6 is 0 Å². The van der Waals surface area contributed by atoms with Crippen LogP contribution in [0.25, 0.3) is 0 Å². The van der Waals surface area contributed by atoms with Gasteiger partial charge in [-0.15, -0.1) is 0 Å². The molecule has 0 saturated heterocycles. The van der Waals surface area contributed by atoms with Crippen LogP contribution in [0.2, 0.25) is 0 Å². The Hall–Kier alpha value is -2.37. The normalized spacial score (nSPS) is 18.7. The molecular formula is C16H19N3O3. The Morgan fingerprint density at radius 3 is 2.68 bits per heavy atom. The molecule has 6 heteroatoms. The lowest BCUT2D eigenvalue weighted by atomic mass is 10.1. The third kappa shape index (κ3) is 2.34. The number of fused-ring (bicyclic) bond motifs is 1. The molecule has 0 saturated carbocycles. The van der Waals surface area contributed by atoms with Gasteiger partial charge in [-0.05, 0) is 32.3 Å². The second kappa shape index (κ2) is 5.44. The predicted molar refractivity (Wildman–Crippen MR) is 81.1 cm³/mol. The highest BCUT2D eigenvalue weighted by molar-refractivity contribution is 5.72. The average Bonchev–Trinajstić information content (AvgIpc) is 2.84. The summed E-state index contributed by atoms with van der Waals surface area (Å²) in [4.78, 5) is 24.0. The highest BCUT2D eigenvalue weighted by atomic mass is 16.4. The van der Waals surface area contributed by atoms with Gasteiger partial charge in [0.1, 0.15) is 11.9 Å². The molecule has 2 aromatic rings. The van der Waals surface area contributed by atoms with Gasteiger partial charge >= 0.3 is 11.7 Å². The summed E-state index contributed by atoms with van der Waals surface area (Å²) in [7, 11) is 0. The first-order chi connectivity index (χ1) is 10.5. The first kappa shape index (κ1) is 14.6. The van der Waals surface area contributed by atoms with Crippen molar-refractivity contribution >= 4 is 5.97 Å². The highest BCUT2D eigenvalue weighted by Crippen LogP contribution is 2.23. The maximum atomic E-state index is 12.6. The smallest absolute Gasteiger partial charge is 0.347 e. The van der Waals surface area contributed by atoms with Crippen LogP contribution in [-0.4, -0.2) is 25.4 Å². The number of hydrogen-bond donors (Lipinski definition) is 1. The van der Waals surface area contributed by atoms with Gasteiger partial charge in [0.15, 0.2) is 0 Å². The first-order valence-electron chi connectivity index (χ1n) is 7.48. The molecule has 1 N–H and O–H groups in total. The molecule has 22 heavy (non-hydrogen) atoms. The molecule has 0 spiro atoms. The van der Waals surface area contributed by atoms with E-state index in [4.69, 9.17) is 0 Å². The largest absolute Gasteiger partial charge is 0.480 e. The predicted octanol–water partition coefficient (Wildman–Crippen LogP) is 1.92. The zero-order valence-electron chi connectivity index (χ0n) is 12.7. The van der Waals surface area contributed by atoms with E-state index in [1.54, 1.807) is 0 Å². The van der Waals surface area contributed by atoms with Crippen LogP contribution in [0.3, 0.4) is 0 Å². The molecule has 3 rings (SSSR count). The average molecular weight is 301 g/mol. The van der Waals surface area contributed by atoms with Crippen LogP contribution in [0.5, 0.6) is 0 Å². The van der Waals surface area contributed by atoms with Crippen molar-refractivity contribution in [2.75, 3.05) is 0 Å². The van der Waals surface area contributed by atoms with Gasteiger partial charge in [-0.3, -0.25) is 4.57 Å². The lowest BCUT2D eigenvalue weighted by molar-refractivity contribution is -0.141. The van der Waals surface area contributed by atoms with Gasteiger partial charge in [-0.1, -0.05) is 29.8 Å². The molecule has 2 atom stereocenters. The van der Waals surface area contributed by atoms with Crippen LogP contribution in [-0.2, 0) is 11.2 Å². The van der Waals surface area contributed by atoms with Gasteiger partial charge in [0.2, 0.25) is 0 Å². The van der Waals surface area contributed by atoms with E-state index < -0.39 is 12.0 Å². The maximum Gasteiger partial charge on any atom is 0.347 e. The Bertz CT molecular complexity index is 758. The van der Waals surface area contributed by atoms with E-state index in [1.807, 2.05) is 38.1 Å². The Morgan fingerprint density at radius 2 is 2.05 bits per heavy atom. The quantitative estimate of drug-likeness (QED) is 0.939. The van der Waals surface area contributed by atoms with Crippen LogP contribution in [0.4, 0.5) is 0 Å². The molecule has 1 aromatic carbocycles. The van der Waals surface area contributed by atoms with Gasteiger partial charge < -0.3 is 5.11 Å². The molecule has 1 aromatic heterocycles. The van der Waals surface area contributed by atoms with Crippen molar-refractivity contribution in [3.05, 3.63) is 51.7 Å². The number of aliphatic carboxylic acids is 1. The minimum absolute atomic E-state index is 0.222. The van der Waals surface area contributed by atoms with Crippen molar-refractivity contribution < 1.29 is 9.90 Å². The summed E-state index contributed by atoms with van der Waals surface area (Å²) in [6, 6.07) is 6.91. The Labute approximate surface area is 128 Å². The fourth-order valence-corrected chi connectivity index (χ4v) is 2.97. The maximum absolute atomic E-state index is 12.6. The molecule has 0 fully saturated rings. The Balaban J connectivity index is 2.04. The molecule has 1 aliphatic heterocycles. The number of carbonyl (C=O) groups is 1. The molecule has 0 amide bonds. The number of benzene rings is 1. The topological polar surface area (TPSA) is 77.1 Å². The zero-order chi connectivity index (χ0) is 15.9. The Morgan fingerprint density at radius 1 is 1.36 bits per heavy atom. The molecule has 0 bridgehead atoms. The van der Waals surface area contributed by atoms with Crippen molar-refractivity contribution in [2.24, 2.45) is 0 Å².